The first-order valence-corrected chi connectivity index (χ1v) is 15.3. The van der Waals surface area contributed by atoms with Crippen LogP contribution in [0.5, 0.6) is 5.75 Å². The van der Waals surface area contributed by atoms with E-state index in [1.54, 1.807) is 38.1 Å². The van der Waals surface area contributed by atoms with Crippen molar-refractivity contribution in [2.75, 3.05) is 13.2 Å². The molecule has 13 nitrogen and oxygen atoms in total. The molecule has 3 aromatic rings. The molecule has 0 radical (unpaired) electrons. The maximum atomic E-state index is 14.4. The molecule has 234 valence electrons. The first-order valence-electron chi connectivity index (χ1n) is 14.8. The molecule has 0 saturated carbocycles. The number of hydrogen-bond donors (Lipinski definition) is 4. The highest BCUT2D eigenvalue weighted by molar-refractivity contribution is 7.52. The quantitative estimate of drug-likeness (QED) is 0.173. The highest BCUT2D eigenvalue weighted by atomic mass is 31.2. The normalized spacial score (nSPS) is 24.9. The SMILES string of the molecule is [2H]c1c([2H])n([C@@H]2O[C@H](COP(=O)(NC(C(=O)OCC(C)C)C(C)C)Oc3cccc4ccccc34)[C@@H](O)[C@@]2(C)O)c(=O)[nH]c1=O. The van der Waals surface area contributed by atoms with E-state index in [4.69, 9.17) is 21.3 Å². The van der Waals surface area contributed by atoms with Crippen LogP contribution in [0.2, 0.25) is 0 Å². The Balaban J connectivity index is 1.66. The molecule has 1 saturated heterocycles. The van der Waals surface area contributed by atoms with Gasteiger partial charge in [-0.2, -0.15) is 5.09 Å². The molecule has 2 heterocycles. The third kappa shape index (κ3) is 7.43. The number of esters is 1. The summed E-state index contributed by atoms with van der Waals surface area (Å²) in [5.74, 6) is -0.904. The number of carbonyl (C=O) groups is 1. The number of ether oxygens (including phenoxy) is 2. The fourth-order valence-corrected chi connectivity index (χ4v) is 6.20. The molecule has 43 heavy (non-hydrogen) atoms. The molecule has 14 heteroatoms. The number of nitrogens with zero attached hydrogens (tertiary/aromatic N) is 1. The summed E-state index contributed by atoms with van der Waals surface area (Å²) >= 11 is 0. The summed E-state index contributed by atoms with van der Waals surface area (Å²) < 4.78 is 53.7. The van der Waals surface area contributed by atoms with E-state index < -0.39 is 79.8 Å². The molecule has 2 unspecified atom stereocenters. The van der Waals surface area contributed by atoms with E-state index in [9.17, 15) is 29.2 Å². The Kier molecular flexibility index (Phi) is 9.08. The van der Waals surface area contributed by atoms with Crippen molar-refractivity contribution in [3.63, 3.8) is 0 Å². The van der Waals surface area contributed by atoms with Crippen LogP contribution in [0.4, 0.5) is 0 Å². The second-order valence-corrected chi connectivity index (χ2v) is 13.0. The van der Waals surface area contributed by atoms with E-state index >= 15 is 0 Å². The van der Waals surface area contributed by atoms with E-state index in [1.807, 2.05) is 37.0 Å². The summed E-state index contributed by atoms with van der Waals surface area (Å²) in [4.78, 5) is 39.3. The van der Waals surface area contributed by atoms with Gasteiger partial charge in [-0.1, -0.05) is 64.1 Å². The van der Waals surface area contributed by atoms with Gasteiger partial charge in [0.2, 0.25) is 0 Å². The highest BCUT2D eigenvalue weighted by Crippen LogP contribution is 2.48. The maximum absolute atomic E-state index is 14.4. The predicted molar refractivity (Wildman–Crippen MR) is 158 cm³/mol. The molecule has 1 aromatic heterocycles. The fraction of sp³-hybridized carbons (Fsp3) is 0.483. The minimum absolute atomic E-state index is 0.0452. The van der Waals surface area contributed by atoms with Gasteiger partial charge in [-0.15, -0.1) is 0 Å². The van der Waals surface area contributed by atoms with Gasteiger partial charge in [-0.05, 0) is 30.2 Å². The summed E-state index contributed by atoms with van der Waals surface area (Å²) in [6.45, 7) is 7.73. The lowest BCUT2D eigenvalue weighted by molar-refractivity contribution is -0.148. The number of hydrogen-bond acceptors (Lipinski definition) is 10. The van der Waals surface area contributed by atoms with Crippen molar-refractivity contribution in [2.45, 2.75) is 64.7 Å². The molecule has 4 N–H and O–H groups in total. The first kappa shape index (κ1) is 29.7. The minimum atomic E-state index is -4.51. The number of rotatable bonds is 12. The van der Waals surface area contributed by atoms with Crippen LogP contribution < -0.4 is 20.9 Å². The monoisotopic (exact) mass is 621 g/mol. The van der Waals surface area contributed by atoms with Crippen molar-refractivity contribution >= 4 is 24.5 Å². The lowest BCUT2D eigenvalue weighted by atomic mass is 9.96. The van der Waals surface area contributed by atoms with Gasteiger partial charge in [-0.3, -0.25) is 23.7 Å². The summed E-state index contributed by atoms with van der Waals surface area (Å²) in [7, 11) is -4.51. The Morgan fingerprint density at radius 2 is 1.91 bits per heavy atom. The van der Waals surface area contributed by atoms with Gasteiger partial charge < -0.3 is 24.2 Å². The molecule has 2 aromatic carbocycles. The summed E-state index contributed by atoms with van der Waals surface area (Å²) in [6, 6.07) is 10.2. The lowest BCUT2D eigenvalue weighted by Gasteiger charge is -2.28. The molecule has 1 fully saturated rings. The molecule has 0 aliphatic carbocycles. The summed E-state index contributed by atoms with van der Waals surface area (Å²) in [5, 5.41) is 26.2. The molecular formula is C29H38N3O10P. The minimum Gasteiger partial charge on any atom is -0.464 e. The Morgan fingerprint density at radius 3 is 2.60 bits per heavy atom. The number of aromatic nitrogens is 2. The Bertz CT molecular complexity index is 1700. The topological polar surface area (TPSA) is 178 Å². The van der Waals surface area contributed by atoms with Gasteiger partial charge in [0.15, 0.2) is 6.23 Å². The molecule has 4 rings (SSSR count). The zero-order valence-corrected chi connectivity index (χ0v) is 25.4. The first-order chi connectivity index (χ1) is 21.1. The van der Waals surface area contributed by atoms with Crippen molar-refractivity contribution in [3.8, 4) is 5.75 Å². The van der Waals surface area contributed by atoms with Gasteiger partial charge in [0.25, 0.3) is 5.56 Å². The van der Waals surface area contributed by atoms with E-state index in [1.165, 1.54) is 0 Å². The smallest absolute Gasteiger partial charge is 0.459 e. The predicted octanol–water partition coefficient (Wildman–Crippen LogP) is 2.72. The number of aromatic amines is 1. The number of benzene rings is 2. The third-order valence-electron chi connectivity index (χ3n) is 6.87. The van der Waals surface area contributed by atoms with Crippen LogP contribution in [0.15, 0.2) is 64.3 Å². The molecule has 6 atom stereocenters. The standard InChI is InChI=1S/C29H38N3O10P/c1-17(2)15-39-26(35)24(18(3)4)31-43(38,42-21-12-8-10-19-9-6-7-11-20(19)21)40-16-22-25(34)29(5,37)27(41-22)32-14-13-23(33)30-28(32)36/h6-14,17-18,22,24-25,27,34,37H,15-16H2,1-5H3,(H,31,38)(H,30,33,36)/t22-,24?,25-,27-,29-,43?/m1/s1/i13D,14D. The molecule has 0 spiro atoms. The number of aliphatic hydroxyl groups is 2. The summed E-state index contributed by atoms with van der Waals surface area (Å²) in [6.07, 6.45) is -5.80. The van der Waals surface area contributed by atoms with Gasteiger partial charge >= 0.3 is 19.4 Å². The van der Waals surface area contributed by atoms with E-state index in [-0.39, 0.29) is 18.3 Å². The number of carbonyl (C=O) groups excluding carboxylic acids is 1. The molecular weight excluding hydrogens is 581 g/mol. The van der Waals surface area contributed by atoms with Crippen molar-refractivity contribution in [2.24, 2.45) is 11.8 Å². The third-order valence-corrected chi connectivity index (χ3v) is 8.39. The zero-order valence-electron chi connectivity index (χ0n) is 26.5. The molecule has 0 bridgehead atoms. The van der Waals surface area contributed by atoms with Crippen LogP contribution in [0, 0.1) is 11.8 Å². The summed E-state index contributed by atoms with van der Waals surface area (Å²) in [5.41, 5.74) is -4.48. The number of H-pyrrole nitrogens is 1. The largest absolute Gasteiger partial charge is 0.464 e. The lowest BCUT2D eigenvalue weighted by Crippen LogP contribution is -2.47. The second-order valence-electron chi connectivity index (χ2n) is 11.3. The average molecular weight is 622 g/mol. The van der Waals surface area contributed by atoms with E-state index in [0.717, 1.165) is 12.3 Å². The number of aliphatic hydroxyl groups excluding tert-OH is 1. The van der Waals surface area contributed by atoms with Gasteiger partial charge in [-0.25, -0.2) is 9.36 Å². The fourth-order valence-electron chi connectivity index (χ4n) is 4.52. The van der Waals surface area contributed by atoms with Crippen LogP contribution in [0.3, 0.4) is 0 Å². The van der Waals surface area contributed by atoms with Crippen molar-refractivity contribution in [1.29, 1.82) is 0 Å². The van der Waals surface area contributed by atoms with Crippen molar-refractivity contribution in [1.82, 2.24) is 14.6 Å². The Labute approximate surface area is 251 Å². The van der Waals surface area contributed by atoms with Crippen LogP contribution >= 0.6 is 7.75 Å². The molecule has 1 aliphatic heterocycles. The molecule has 0 amide bonds. The van der Waals surface area contributed by atoms with E-state index in [2.05, 4.69) is 5.09 Å². The number of nitrogens with one attached hydrogen (secondary N) is 2. The second kappa shape index (κ2) is 13.1. The highest BCUT2D eigenvalue weighted by Gasteiger charge is 2.54. The average Bonchev–Trinajstić information content (AvgIpc) is 3.20. The zero-order chi connectivity index (χ0) is 33.3. The number of fused-ring (bicyclic) bond motifs is 1. The van der Waals surface area contributed by atoms with Gasteiger partial charge in [0.05, 0.1) is 16.0 Å². The molecule has 1 aliphatic rings. The van der Waals surface area contributed by atoms with Crippen LogP contribution in [0.1, 0.15) is 43.6 Å². The maximum Gasteiger partial charge on any atom is 0.459 e. The van der Waals surface area contributed by atoms with Crippen LogP contribution in [-0.4, -0.2) is 62.8 Å². The van der Waals surface area contributed by atoms with E-state index in [0.29, 0.717) is 9.95 Å². The van der Waals surface area contributed by atoms with Crippen molar-refractivity contribution < 1.29 is 40.8 Å². The van der Waals surface area contributed by atoms with Gasteiger partial charge in [0, 0.05) is 17.6 Å². The Morgan fingerprint density at radius 1 is 1.21 bits per heavy atom. The van der Waals surface area contributed by atoms with Crippen LogP contribution in [-0.2, 0) is 23.4 Å². The van der Waals surface area contributed by atoms with Crippen molar-refractivity contribution in [3.05, 3.63) is 75.5 Å². The Hall–Kier alpha value is -3.32. The van der Waals surface area contributed by atoms with Crippen LogP contribution in [0.25, 0.3) is 10.8 Å². The van der Waals surface area contributed by atoms with Gasteiger partial charge in [0.1, 0.15) is 29.6 Å².